The first-order valence-electron chi connectivity index (χ1n) is 8.49. The Morgan fingerprint density at radius 2 is 1.85 bits per heavy atom. The maximum atomic E-state index is 12.0. The molecule has 6 nitrogen and oxygen atoms in total. The molecule has 0 N–H and O–H groups in total. The van der Waals surface area contributed by atoms with Crippen LogP contribution in [-0.4, -0.2) is 32.2 Å². The van der Waals surface area contributed by atoms with Crippen LogP contribution in [0.15, 0.2) is 47.4 Å². The van der Waals surface area contributed by atoms with Crippen molar-refractivity contribution in [3.63, 3.8) is 0 Å². The van der Waals surface area contributed by atoms with Crippen LogP contribution in [0.4, 0.5) is 11.4 Å². The SMILES string of the molecule is Cc1ccccc1C1CC(C)N(c2cccc(S(C)(=O)=O)c2[N+](=O)[O-])C1. The van der Waals surface area contributed by atoms with Gasteiger partial charge in [-0.15, -0.1) is 0 Å². The lowest BCUT2D eigenvalue weighted by Gasteiger charge is -2.24. The third-order valence-electron chi connectivity index (χ3n) is 5.07. The van der Waals surface area contributed by atoms with E-state index in [-0.39, 0.29) is 22.5 Å². The second kappa shape index (κ2) is 6.72. The topological polar surface area (TPSA) is 80.5 Å². The van der Waals surface area contributed by atoms with Gasteiger partial charge >= 0.3 is 5.69 Å². The van der Waals surface area contributed by atoms with E-state index in [1.807, 2.05) is 24.0 Å². The van der Waals surface area contributed by atoms with Crippen LogP contribution in [0.2, 0.25) is 0 Å². The Labute approximate surface area is 153 Å². The highest BCUT2D eigenvalue weighted by molar-refractivity contribution is 7.90. The Morgan fingerprint density at radius 1 is 1.15 bits per heavy atom. The van der Waals surface area contributed by atoms with E-state index < -0.39 is 14.8 Å². The molecular formula is C19H22N2O4S. The third-order valence-corrected chi connectivity index (χ3v) is 6.20. The number of nitrogens with zero attached hydrogens (tertiary/aromatic N) is 2. The van der Waals surface area contributed by atoms with E-state index in [4.69, 9.17) is 0 Å². The molecule has 2 unspecified atom stereocenters. The molecule has 0 bridgehead atoms. The van der Waals surface area contributed by atoms with Gasteiger partial charge in [0.15, 0.2) is 9.84 Å². The highest BCUT2D eigenvalue weighted by Crippen LogP contribution is 2.41. The Bertz CT molecular complexity index is 956. The minimum atomic E-state index is -3.69. The molecule has 1 saturated heterocycles. The third kappa shape index (κ3) is 3.31. The summed E-state index contributed by atoms with van der Waals surface area (Å²) in [5.41, 5.74) is 2.49. The summed E-state index contributed by atoms with van der Waals surface area (Å²) in [5, 5.41) is 11.7. The number of benzene rings is 2. The number of hydrogen-bond donors (Lipinski definition) is 0. The highest BCUT2D eigenvalue weighted by atomic mass is 32.2. The first-order valence-corrected chi connectivity index (χ1v) is 10.4. The van der Waals surface area contributed by atoms with Crippen LogP contribution < -0.4 is 4.90 Å². The number of sulfone groups is 1. The minimum absolute atomic E-state index is 0.0770. The average molecular weight is 374 g/mol. The van der Waals surface area contributed by atoms with Crippen LogP contribution in [0.5, 0.6) is 0 Å². The zero-order valence-corrected chi connectivity index (χ0v) is 15.9. The first-order chi connectivity index (χ1) is 12.2. The second-order valence-corrected chi connectivity index (χ2v) is 8.93. The molecule has 7 heteroatoms. The van der Waals surface area contributed by atoms with Crippen molar-refractivity contribution in [2.24, 2.45) is 0 Å². The minimum Gasteiger partial charge on any atom is -0.363 e. The summed E-state index contributed by atoms with van der Waals surface area (Å²) < 4.78 is 24.0. The fourth-order valence-electron chi connectivity index (χ4n) is 3.86. The summed E-state index contributed by atoms with van der Waals surface area (Å²) in [4.78, 5) is 12.8. The number of aryl methyl sites for hydroxylation is 1. The van der Waals surface area contributed by atoms with Crippen molar-refractivity contribution < 1.29 is 13.3 Å². The van der Waals surface area contributed by atoms with E-state index in [0.29, 0.717) is 12.2 Å². The summed E-state index contributed by atoms with van der Waals surface area (Å²) in [6.45, 7) is 4.71. The van der Waals surface area contributed by atoms with Gasteiger partial charge in [-0.25, -0.2) is 8.42 Å². The zero-order valence-electron chi connectivity index (χ0n) is 15.0. The number of para-hydroxylation sites is 1. The predicted octanol–water partition coefficient (Wildman–Crippen LogP) is 3.69. The van der Waals surface area contributed by atoms with Gasteiger partial charge in [-0.05, 0) is 43.5 Å². The van der Waals surface area contributed by atoms with Gasteiger partial charge in [0.25, 0.3) is 0 Å². The molecule has 0 aliphatic carbocycles. The standard InChI is InChI=1S/C19H22N2O4S/c1-13-7-4-5-8-16(13)15-11-14(2)20(12-15)17-9-6-10-18(26(3,24)25)19(17)21(22)23/h4-10,14-15H,11-12H2,1-3H3. The van der Waals surface area contributed by atoms with Gasteiger partial charge < -0.3 is 4.90 Å². The van der Waals surface area contributed by atoms with Crippen molar-refractivity contribution in [3.05, 3.63) is 63.7 Å². The molecule has 2 aromatic carbocycles. The van der Waals surface area contributed by atoms with E-state index in [1.165, 1.54) is 17.2 Å². The molecular weight excluding hydrogens is 352 g/mol. The number of nitro groups is 1. The molecule has 138 valence electrons. The average Bonchev–Trinajstić information content (AvgIpc) is 2.95. The molecule has 0 spiro atoms. The lowest BCUT2D eigenvalue weighted by atomic mass is 9.93. The van der Waals surface area contributed by atoms with Crippen molar-refractivity contribution >= 4 is 21.2 Å². The van der Waals surface area contributed by atoms with Crippen LogP contribution in [0, 0.1) is 17.0 Å². The van der Waals surface area contributed by atoms with Gasteiger partial charge in [-0.2, -0.15) is 0 Å². The molecule has 26 heavy (non-hydrogen) atoms. The van der Waals surface area contributed by atoms with Crippen LogP contribution in [-0.2, 0) is 9.84 Å². The Morgan fingerprint density at radius 3 is 2.46 bits per heavy atom. The van der Waals surface area contributed by atoms with E-state index in [1.54, 1.807) is 12.1 Å². The molecule has 3 rings (SSSR count). The van der Waals surface area contributed by atoms with Crippen molar-refractivity contribution in [2.75, 3.05) is 17.7 Å². The molecule has 1 aliphatic heterocycles. The number of anilines is 1. The first kappa shape index (κ1) is 18.4. The quantitative estimate of drug-likeness (QED) is 0.602. The number of nitro benzene ring substituents is 1. The molecule has 0 radical (unpaired) electrons. The van der Waals surface area contributed by atoms with Crippen LogP contribution >= 0.6 is 0 Å². The summed E-state index contributed by atoms with van der Waals surface area (Å²) in [6, 6.07) is 12.8. The summed E-state index contributed by atoms with van der Waals surface area (Å²) in [5.74, 6) is 0.257. The van der Waals surface area contributed by atoms with Crippen molar-refractivity contribution in [1.29, 1.82) is 0 Å². The fraction of sp³-hybridized carbons (Fsp3) is 0.368. The Kier molecular flexibility index (Phi) is 4.75. The van der Waals surface area contributed by atoms with Crippen molar-refractivity contribution in [2.45, 2.75) is 37.1 Å². The maximum Gasteiger partial charge on any atom is 0.311 e. The van der Waals surface area contributed by atoms with Crippen LogP contribution in [0.25, 0.3) is 0 Å². The molecule has 1 heterocycles. The predicted molar refractivity (Wildman–Crippen MR) is 102 cm³/mol. The zero-order chi connectivity index (χ0) is 19.1. The highest BCUT2D eigenvalue weighted by Gasteiger charge is 2.36. The molecule has 2 atom stereocenters. The molecule has 0 aromatic heterocycles. The van der Waals surface area contributed by atoms with Crippen molar-refractivity contribution in [3.8, 4) is 0 Å². The van der Waals surface area contributed by atoms with Crippen LogP contribution in [0.1, 0.15) is 30.4 Å². The summed E-state index contributed by atoms with van der Waals surface area (Å²) in [7, 11) is -3.69. The van der Waals surface area contributed by atoms with Gasteiger partial charge in [-0.1, -0.05) is 30.3 Å². The van der Waals surface area contributed by atoms with Gasteiger partial charge in [0, 0.05) is 24.8 Å². The number of rotatable bonds is 4. The van der Waals surface area contributed by atoms with Gasteiger partial charge in [0.2, 0.25) is 0 Å². The number of hydrogen-bond acceptors (Lipinski definition) is 5. The van der Waals surface area contributed by atoms with Gasteiger partial charge in [0.05, 0.1) is 4.92 Å². The van der Waals surface area contributed by atoms with Crippen molar-refractivity contribution in [1.82, 2.24) is 0 Å². The molecule has 0 amide bonds. The summed E-state index contributed by atoms with van der Waals surface area (Å²) >= 11 is 0. The van der Waals surface area contributed by atoms with E-state index in [2.05, 4.69) is 19.1 Å². The Balaban J connectivity index is 2.05. The normalized spacial score (nSPS) is 20.3. The van der Waals surface area contributed by atoms with E-state index in [9.17, 15) is 18.5 Å². The second-order valence-electron chi connectivity index (χ2n) is 6.94. The maximum absolute atomic E-state index is 12.0. The lowest BCUT2D eigenvalue weighted by molar-refractivity contribution is -0.387. The van der Waals surface area contributed by atoms with E-state index in [0.717, 1.165) is 12.7 Å². The molecule has 1 aliphatic rings. The largest absolute Gasteiger partial charge is 0.363 e. The molecule has 1 fully saturated rings. The Hall–Kier alpha value is -2.41. The summed E-state index contributed by atoms with van der Waals surface area (Å²) in [6.07, 6.45) is 1.87. The fourth-order valence-corrected chi connectivity index (χ4v) is 4.72. The smallest absolute Gasteiger partial charge is 0.311 e. The lowest BCUT2D eigenvalue weighted by Crippen LogP contribution is -2.27. The van der Waals surface area contributed by atoms with Gasteiger partial charge in [0.1, 0.15) is 10.6 Å². The van der Waals surface area contributed by atoms with Gasteiger partial charge in [-0.3, -0.25) is 10.1 Å². The molecule has 2 aromatic rings. The van der Waals surface area contributed by atoms with E-state index >= 15 is 0 Å². The van der Waals surface area contributed by atoms with Crippen LogP contribution in [0.3, 0.4) is 0 Å². The monoisotopic (exact) mass is 374 g/mol. The molecule has 0 saturated carbocycles.